The average molecular weight is 186 g/mol. The van der Waals surface area contributed by atoms with Crippen LogP contribution in [0.1, 0.15) is 61.8 Å². The maximum atomic E-state index is 10.9. The van der Waals surface area contributed by atoms with Crippen molar-refractivity contribution in [3.8, 4) is 0 Å². The summed E-state index contributed by atoms with van der Waals surface area (Å²) in [5.41, 5.74) is 2.04. The van der Waals surface area contributed by atoms with Gasteiger partial charge in [-0.2, -0.15) is 0 Å². The monoisotopic (exact) mass is 186 g/mol. The Morgan fingerprint density at radius 2 is 1.23 bits per heavy atom. The third-order valence-electron chi connectivity index (χ3n) is 1.49. The third kappa shape index (κ3) is 11.4. The van der Waals surface area contributed by atoms with Crippen LogP contribution in [0.5, 0.6) is 0 Å². The minimum Gasteiger partial charge on any atom is -0.295 e. The zero-order valence-corrected chi connectivity index (χ0v) is 10.6. The molecule has 0 spiro atoms. The van der Waals surface area contributed by atoms with Crippen LogP contribution >= 0.6 is 0 Å². The highest BCUT2D eigenvalue weighted by atomic mass is 16.1. The van der Waals surface area contributed by atoms with Gasteiger partial charge in [-0.05, 0) is 26.3 Å². The summed E-state index contributed by atoms with van der Waals surface area (Å²) in [4.78, 5) is 10.9. The van der Waals surface area contributed by atoms with Gasteiger partial charge in [0, 0.05) is 6.42 Å². The van der Waals surface area contributed by atoms with Crippen molar-refractivity contribution in [1.82, 2.24) is 0 Å². The first kappa shape index (κ1) is 18.2. The normalized spacial score (nSPS) is 7.08. The van der Waals surface area contributed by atoms with Gasteiger partial charge in [0.1, 0.15) is 0 Å². The predicted octanol–water partition coefficient (Wildman–Crippen LogP) is 4.37. The Morgan fingerprint density at radius 3 is 1.31 bits per heavy atom. The van der Waals surface area contributed by atoms with Crippen LogP contribution in [-0.4, -0.2) is 5.78 Å². The van der Waals surface area contributed by atoms with Crippen LogP contribution in [0.15, 0.2) is 11.1 Å². The molecule has 0 aliphatic carbocycles. The minimum absolute atomic E-state index is 0.259. The number of rotatable bonds is 2. The van der Waals surface area contributed by atoms with E-state index in [0.717, 1.165) is 11.1 Å². The van der Waals surface area contributed by atoms with Gasteiger partial charge in [0.05, 0.1) is 0 Å². The Hall–Kier alpha value is -0.590. The fourth-order valence-electron chi connectivity index (χ4n) is 0.544. The molecule has 0 aromatic carbocycles. The molecular formula is C12H26O. The van der Waals surface area contributed by atoms with E-state index in [1.54, 1.807) is 0 Å². The highest BCUT2D eigenvalue weighted by Gasteiger charge is 2.00. The van der Waals surface area contributed by atoms with E-state index in [0.29, 0.717) is 6.42 Å². The SMILES string of the molecule is CC.CC.CCC(=O)C(C)=C(C)C. The molecule has 0 amide bonds. The van der Waals surface area contributed by atoms with Crippen molar-refractivity contribution in [2.45, 2.75) is 61.8 Å². The van der Waals surface area contributed by atoms with Gasteiger partial charge >= 0.3 is 0 Å². The molecule has 0 radical (unpaired) electrons. The molecule has 0 rings (SSSR count). The fourth-order valence-corrected chi connectivity index (χ4v) is 0.544. The molecule has 80 valence electrons. The zero-order chi connectivity index (χ0) is 11.4. The Bertz CT molecular complexity index is 139. The van der Waals surface area contributed by atoms with E-state index in [1.165, 1.54) is 0 Å². The molecule has 0 bridgehead atoms. The van der Waals surface area contributed by atoms with Gasteiger partial charge in [-0.3, -0.25) is 4.79 Å². The van der Waals surface area contributed by atoms with Crippen molar-refractivity contribution in [2.24, 2.45) is 0 Å². The van der Waals surface area contributed by atoms with E-state index >= 15 is 0 Å². The molecule has 0 saturated carbocycles. The third-order valence-corrected chi connectivity index (χ3v) is 1.49. The van der Waals surface area contributed by atoms with Gasteiger partial charge in [0.25, 0.3) is 0 Å². The van der Waals surface area contributed by atoms with E-state index in [9.17, 15) is 4.79 Å². The van der Waals surface area contributed by atoms with Gasteiger partial charge in [-0.1, -0.05) is 40.2 Å². The average Bonchev–Trinajstić information content (AvgIpc) is 2.21. The second kappa shape index (κ2) is 14.0. The molecule has 0 aromatic rings. The Kier molecular flexibility index (Phi) is 19.6. The maximum Gasteiger partial charge on any atom is 0.158 e. The van der Waals surface area contributed by atoms with Crippen molar-refractivity contribution in [2.75, 3.05) is 0 Å². The maximum absolute atomic E-state index is 10.9. The first-order valence-electron chi connectivity index (χ1n) is 5.26. The van der Waals surface area contributed by atoms with Crippen molar-refractivity contribution < 1.29 is 4.79 Å². The van der Waals surface area contributed by atoms with Crippen LogP contribution < -0.4 is 0 Å². The molecule has 1 heteroatoms. The molecule has 0 saturated heterocycles. The number of Topliss-reactive ketones (excluding diaryl/α,β-unsaturated/α-hetero) is 1. The van der Waals surface area contributed by atoms with Gasteiger partial charge in [-0.25, -0.2) is 0 Å². The van der Waals surface area contributed by atoms with Crippen LogP contribution in [0.25, 0.3) is 0 Å². The quantitative estimate of drug-likeness (QED) is 0.585. The first-order chi connectivity index (χ1) is 6.09. The summed E-state index contributed by atoms with van der Waals surface area (Å²) < 4.78 is 0. The van der Waals surface area contributed by atoms with E-state index in [-0.39, 0.29) is 5.78 Å². The number of hydrogen-bond donors (Lipinski definition) is 0. The Balaban J connectivity index is -0.000000218. The Morgan fingerprint density at radius 1 is 0.923 bits per heavy atom. The summed E-state index contributed by atoms with van der Waals surface area (Å²) in [5, 5.41) is 0. The topological polar surface area (TPSA) is 17.1 Å². The minimum atomic E-state index is 0.259. The number of ketones is 1. The van der Waals surface area contributed by atoms with Crippen LogP contribution in [0.4, 0.5) is 0 Å². The van der Waals surface area contributed by atoms with Gasteiger partial charge in [0.15, 0.2) is 5.78 Å². The van der Waals surface area contributed by atoms with Crippen LogP contribution in [0.3, 0.4) is 0 Å². The Labute approximate surface area is 84.2 Å². The van der Waals surface area contributed by atoms with E-state index < -0.39 is 0 Å². The van der Waals surface area contributed by atoms with Crippen molar-refractivity contribution in [3.63, 3.8) is 0 Å². The molecule has 0 unspecified atom stereocenters. The van der Waals surface area contributed by atoms with E-state index in [2.05, 4.69) is 0 Å². The van der Waals surface area contributed by atoms with E-state index in [4.69, 9.17) is 0 Å². The summed E-state index contributed by atoms with van der Waals surface area (Å²) >= 11 is 0. The lowest BCUT2D eigenvalue weighted by Gasteiger charge is -1.97. The lowest BCUT2D eigenvalue weighted by Crippen LogP contribution is -1.97. The molecular weight excluding hydrogens is 160 g/mol. The summed E-state index contributed by atoms with van der Waals surface area (Å²) in [6.07, 6.45) is 0.622. The molecule has 1 nitrogen and oxygen atoms in total. The smallest absolute Gasteiger partial charge is 0.158 e. The van der Waals surface area contributed by atoms with Crippen LogP contribution in [0, 0.1) is 0 Å². The molecule has 0 aliphatic rings. The highest BCUT2D eigenvalue weighted by molar-refractivity contribution is 5.95. The highest BCUT2D eigenvalue weighted by Crippen LogP contribution is 2.04. The number of allylic oxidation sites excluding steroid dienone is 2. The molecule has 0 fully saturated rings. The number of carbonyl (C=O) groups is 1. The van der Waals surface area contributed by atoms with Crippen molar-refractivity contribution >= 4 is 5.78 Å². The molecule has 0 atom stereocenters. The van der Waals surface area contributed by atoms with Crippen LogP contribution in [-0.2, 0) is 4.79 Å². The summed E-state index contributed by atoms with van der Waals surface area (Å²) in [6.45, 7) is 15.7. The number of carbonyl (C=O) groups excluding carboxylic acids is 1. The fraction of sp³-hybridized carbons (Fsp3) is 0.750. The zero-order valence-electron chi connectivity index (χ0n) is 10.6. The van der Waals surface area contributed by atoms with Crippen molar-refractivity contribution in [1.29, 1.82) is 0 Å². The molecule has 0 aliphatic heterocycles. The largest absolute Gasteiger partial charge is 0.295 e. The van der Waals surface area contributed by atoms with Gasteiger partial charge < -0.3 is 0 Å². The molecule has 13 heavy (non-hydrogen) atoms. The standard InChI is InChI=1S/C8H14O.2C2H6/c1-5-8(9)7(4)6(2)3;2*1-2/h5H2,1-4H3;2*1-2H3. The summed E-state index contributed by atoms with van der Waals surface area (Å²) in [7, 11) is 0. The van der Waals surface area contributed by atoms with Crippen molar-refractivity contribution in [3.05, 3.63) is 11.1 Å². The first-order valence-corrected chi connectivity index (χ1v) is 5.26. The second-order valence-electron chi connectivity index (χ2n) is 2.40. The number of hydrogen-bond acceptors (Lipinski definition) is 1. The molecule has 0 aromatic heterocycles. The molecule has 0 heterocycles. The van der Waals surface area contributed by atoms with E-state index in [1.807, 2.05) is 55.4 Å². The lowest BCUT2D eigenvalue weighted by atomic mass is 10.1. The van der Waals surface area contributed by atoms with Crippen LogP contribution in [0.2, 0.25) is 0 Å². The molecule has 0 N–H and O–H groups in total. The lowest BCUT2D eigenvalue weighted by molar-refractivity contribution is -0.115. The van der Waals surface area contributed by atoms with Gasteiger partial charge in [0.2, 0.25) is 0 Å². The van der Waals surface area contributed by atoms with Gasteiger partial charge in [-0.15, -0.1) is 0 Å². The second-order valence-corrected chi connectivity index (χ2v) is 2.40. The summed E-state index contributed by atoms with van der Waals surface area (Å²) in [5.74, 6) is 0.259. The summed E-state index contributed by atoms with van der Waals surface area (Å²) in [6, 6.07) is 0. The predicted molar refractivity (Wildman–Crippen MR) is 62.0 cm³/mol.